The van der Waals surface area contributed by atoms with Crippen LogP contribution in [0.5, 0.6) is 0 Å². The normalized spacial score (nSPS) is 11.0. The van der Waals surface area contributed by atoms with Gasteiger partial charge in [-0.3, -0.25) is 14.9 Å². The fourth-order valence-electron chi connectivity index (χ4n) is 3.20. The molecule has 7 nitrogen and oxygen atoms in total. The summed E-state index contributed by atoms with van der Waals surface area (Å²) < 4.78 is 27.7. The quantitative estimate of drug-likeness (QED) is 0.334. The van der Waals surface area contributed by atoms with Crippen molar-refractivity contribution in [3.05, 3.63) is 89.0 Å². The van der Waals surface area contributed by atoms with Crippen LogP contribution in [0.25, 0.3) is 0 Å². The highest BCUT2D eigenvalue weighted by Gasteiger charge is 2.16. The van der Waals surface area contributed by atoms with Crippen LogP contribution in [0.1, 0.15) is 22.3 Å². The molecule has 0 heterocycles. The van der Waals surface area contributed by atoms with E-state index in [2.05, 4.69) is 10.0 Å². The minimum atomic E-state index is -3.69. The van der Waals surface area contributed by atoms with Gasteiger partial charge in [-0.2, -0.15) is 0 Å². The lowest BCUT2D eigenvalue weighted by Gasteiger charge is -2.15. The van der Waals surface area contributed by atoms with Crippen molar-refractivity contribution in [2.75, 3.05) is 10.0 Å². The molecule has 3 aromatic rings. The number of nitrogens with two attached hydrogens (primary N) is 1. The van der Waals surface area contributed by atoms with Crippen LogP contribution in [0.3, 0.4) is 0 Å². The Hall–Kier alpha value is -3.65. The first-order valence-electron chi connectivity index (χ1n) is 9.58. The van der Waals surface area contributed by atoms with Gasteiger partial charge in [-0.05, 0) is 54.8 Å². The summed E-state index contributed by atoms with van der Waals surface area (Å²) in [5.74, 6) is -0.218. The first kappa shape index (κ1) is 22.0. The zero-order valence-corrected chi connectivity index (χ0v) is 18.1. The van der Waals surface area contributed by atoms with E-state index >= 15 is 0 Å². The maximum absolute atomic E-state index is 12.6. The van der Waals surface area contributed by atoms with Crippen LogP contribution >= 0.6 is 0 Å². The van der Waals surface area contributed by atoms with Crippen LogP contribution in [0, 0.1) is 19.3 Å². The molecule has 1 amide bonds. The highest BCUT2D eigenvalue weighted by Crippen LogP contribution is 2.27. The Kier molecular flexibility index (Phi) is 6.41. The van der Waals surface area contributed by atoms with E-state index in [1.165, 1.54) is 12.1 Å². The molecule has 5 N–H and O–H groups in total. The number of carbonyl (C=O) groups excluding carboxylic acids is 1. The molecule has 0 unspecified atom stereocenters. The molecule has 0 radical (unpaired) electrons. The summed E-state index contributed by atoms with van der Waals surface area (Å²) in [6.45, 7) is 3.62. The highest BCUT2D eigenvalue weighted by molar-refractivity contribution is 7.92. The Morgan fingerprint density at radius 1 is 0.968 bits per heavy atom. The molecule has 0 bridgehead atoms. The van der Waals surface area contributed by atoms with E-state index in [0.29, 0.717) is 16.9 Å². The van der Waals surface area contributed by atoms with E-state index in [9.17, 15) is 13.2 Å². The molecule has 8 heteroatoms. The molecular formula is C23H24N4O3S. The third kappa shape index (κ3) is 5.49. The van der Waals surface area contributed by atoms with Gasteiger partial charge >= 0.3 is 0 Å². The predicted molar refractivity (Wildman–Crippen MR) is 123 cm³/mol. The van der Waals surface area contributed by atoms with Crippen molar-refractivity contribution in [1.82, 2.24) is 0 Å². The third-order valence-corrected chi connectivity index (χ3v) is 6.13. The lowest BCUT2D eigenvalue weighted by molar-refractivity contribution is -0.115. The van der Waals surface area contributed by atoms with Gasteiger partial charge in [-0.1, -0.05) is 42.5 Å². The van der Waals surface area contributed by atoms with Crippen molar-refractivity contribution >= 4 is 33.1 Å². The standard InChI is InChI=1S/C23H24N4O3S/c1-15-12-19(27-31(29,30)20-6-4-3-5-7-20)13-16(2)22(15)26-21(28)14-17-8-10-18(11-9-17)23(24)25/h3-13,27H,14H2,1-2H3,(H3,24,25)(H,26,28). The van der Waals surface area contributed by atoms with Gasteiger partial charge in [-0.15, -0.1) is 0 Å². The smallest absolute Gasteiger partial charge is 0.261 e. The topological polar surface area (TPSA) is 125 Å². The largest absolute Gasteiger partial charge is 0.384 e. The van der Waals surface area contributed by atoms with Crippen LogP contribution in [0.15, 0.2) is 71.6 Å². The second-order valence-electron chi connectivity index (χ2n) is 7.24. The molecule has 31 heavy (non-hydrogen) atoms. The van der Waals surface area contributed by atoms with Crippen LogP contribution < -0.4 is 15.8 Å². The van der Waals surface area contributed by atoms with E-state index in [1.54, 1.807) is 54.6 Å². The molecule has 3 aromatic carbocycles. The Labute approximate surface area is 181 Å². The third-order valence-electron chi connectivity index (χ3n) is 4.73. The number of nitrogen functional groups attached to an aromatic ring is 1. The van der Waals surface area contributed by atoms with Crippen LogP contribution in [-0.2, 0) is 21.2 Å². The molecule has 0 fully saturated rings. The number of carbonyl (C=O) groups is 1. The number of benzene rings is 3. The molecule has 0 atom stereocenters. The van der Waals surface area contributed by atoms with Gasteiger partial charge in [-0.25, -0.2) is 8.42 Å². The summed E-state index contributed by atoms with van der Waals surface area (Å²) >= 11 is 0. The van der Waals surface area contributed by atoms with E-state index < -0.39 is 10.0 Å². The van der Waals surface area contributed by atoms with Gasteiger partial charge in [0, 0.05) is 16.9 Å². The minimum absolute atomic E-state index is 0.0229. The number of amidine groups is 1. The van der Waals surface area contributed by atoms with Crippen LogP contribution in [0.4, 0.5) is 11.4 Å². The Morgan fingerprint density at radius 2 is 1.55 bits per heavy atom. The molecule has 0 aliphatic rings. The molecular weight excluding hydrogens is 412 g/mol. The molecule has 0 aromatic heterocycles. The van der Waals surface area contributed by atoms with Crippen molar-refractivity contribution in [3.8, 4) is 0 Å². The van der Waals surface area contributed by atoms with E-state index in [-0.39, 0.29) is 23.1 Å². The van der Waals surface area contributed by atoms with Gasteiger partial charge in [0.1, 0.15) is 5.84 Å². The Bertz CT molecular complexity index is 1200. The molecule has 0 saturated carbocycles. The zero-order valence-electron chi connectivity index (χ0n) is 17.3. The van der Waals surface area contributed by atoms with E-state index in [0.717, 1.165) is 16.7 Å². The van der Waals surface area contributed by atoms with Crippen molar-refractivity contribution in [2.45, 2.75) is 25.2 Å². The van der Waals surface area contributed by atoms with E-state index in [4.69, 9.17) is 11.1 Å². The zero-order chi connectivity index (χ0) is 22.6. The van der Waals surface area contributed by atoms with Gasteiger partial charge < -0.3 is 11.1 Å². The van der Waals surface area contributed by atoms with Crippen LogP contribution in [0.2, 0.25) is 0 Å². The fourth-order valence-corrected chi connectivity index (χ4v) is 4.27. The molecule has 3 rings (SSSR count). The van der Waals surface area contributed by atoms with E-state index in [1.807, 2.05) is 13.8 Å². The number of anilines is 2. The first-order valence-corrected chi connectivity index (χ1v) is 11.1. The van der Waals surface area contributed by atoms with Gasteiger partial charge in [0.2, 0.25) is 5.91 Å². The SMILES string of the molecule is Cc1cc(NS(=O)(=O)c2ccccc2)cc(C)c1NC(=O)Cc1ccc(C(=N)N)cc1. The summed E-state index contributed by atoms with van der Waals surface area (Å²) in [6.07, 6.45) is 0.166. The van der Waals surface area contributed by atoms with Gasteiger partial charge in [0.05, 0.1) is 11.3 Å². The fraction of sp³-hybridized carbons (Fsp3) is 0.130. The number of rotatable bonds is 7. The maximum Gasteiger partial charge on any atom is 0.261 e. The average Bonchev–Trinajstić information content (AvgIpc) is 2.71. The average molecular weight is 437 g/mol. The maximum atomic E-state index is 12.6. The number of hydrogen-bond donors (Lipinski definition) is 4. The lowest BCUT2D eigenvalue weighted by Crippen LogP contribution is -2.17. The Morgan fingerprint density at radius 3 is 2.10 bits per heavy atom. The molecule has 0 aliphatic heterocycles. The van der Waals surface area contributed by atoms with Gasteiger partial charge in [0.25, 0.3) is 10.0 Å². The number of nitrogens with one attached hydrogen (secondary N) is 3. The van der Waals surface area contributed by atoms with Crippen molar-refractivity contribution in [3.63, 3.8) is 0 Å². The number of amides is 1. The first-order chi connectivity index (χ1) is 14.7. The monoisotopic (exact) mass is 436 g/mol. The number of aryl methyl sites for hydroxylation is 2. The second-order valence-corrected chi connectivity index (χ2v) is 8.92. The lowest BCUT2D eigenvalue weighted by atomic mass is 10.1. The molecule has 0 saturated heterocycles. The highest BCUT2D eigenvalue weighted by atomic mass is 32.2. The van der Waals surface area contributed by atoms with Crippen molar-refractivity contribution in [2.24, 2.45) is 5.73 Å². The Balaban J connectivity index is 1.73. The van der Waals surface area contributed by atoms with Crippen LogP contribution in [-0.4, -0.2) is 20.2 Å². The summed E-state index contributed by atoms with van der Waals surface area (Å²) in [5.41, 5.74) is 9.40. The number of sulfonamides is 1. The molecule has 0 spiro atoms. The summed E-state index contributed by atoms with van der Waals surface area (Å²) in [4.78, 5) is 12.7. The number of hydrogen-bond acceptors (Lipinski definition) is 4. The van der Waals surface area contributed by atoms with Crippen molar-refractivity contribution < 1.29 is 13.2 Å². The van der Waals surface area contributed by atoms with Gasteiger partial charge in [0.15, 0.2) is 0 Å². The summed E-state index contributed by atoms with van der Waals surface area (Å²) in [5, 5.41) is 10.3. The molecule has 0 aliphatic carbocycles. The minimum Gasteiger partial charge on any atom is -0.384 e. The summed E-state index contributed by atoms with van der Waals surface area (Å²) in [7, 11) is -3.69. The second kappa shape index (κ2) is 9.01. The van der Waals surface area contributed by atoms with Crippen molar-refractivity contribution in [1.29, 1.82) is 5.41 Å². The predicted octanol–water partition coefficient (Wildman–Crippen LogP) is 3.57. The summed E-state index contributed by atoms with van der Waals surface area (Å²) in [6, 6.07) is 18.4. The molecule has 160 valence electrons.